The molecular formula is C10H18N4O3S. The standard InChI is InChI=1S/C10H18N4O3S/c1-10(2)7-17-5-4-14(10)18(15,16)8-6-13(3)12-9(8)11/h6H,4-5,7H2,1-3H3,(H2,11,12). The number of nitrogens with two attached hydrogens (primary N) is 1. The van der Waals surface area contributed by atoms with E-state index in [4.69, 9.17) is 10.5 Å². The predicted octanol–water partition coefficient (Wildman–Crippen LogP) is -0.198. The van der Waals surface area contributed by atoms with Gasteiger partial charge in [-0.05, 0) is 13.8 Å². The summed E-state index contributed by atoms with van der Waals surface area (Å²) < 4.78 is 33.3. The van der Waals surface area contributed by atoms with Crippen molar-refractivity contribution < 1.29 is 13.2 Å². The summed E-state index contributed by atoms with van der Waals surface area (Å²) >= 11 is 0. The van der Waals surface area contributed by atoms with Crippen LogP contribution in [0, 0.1) is 0 Å². The van der Waals surface area contributed by atoms with Gasteiger partial charge < -0.3 is 10.5 Å². The third-order valence-corrected chi connectivity index (χ3v) is 5.09. The number of rotatable bonds is 2. The van der Waals surface area contributed by atoms with Gasteiger partial charge in [-0.1, -0.05) is 0 Å². The van der Waals surface area contributed by atoms with Crippen molar-refractivity contribution in [2.75, 3.05) is 25.5 Å². The summed E-state index contributed by atoms with van der Waals surface area (Å²) in [6.07, 6.45) is 1.43. The van der Waals surface area contributed by atoms with Crippen molar-refractivity contribution in [2.45, 2.75) is 24.3 Å². The number of aromatic nitrogens is 2. The van der Waals surface area contributed by atoms with E-state index in [-0.39, 0.29) is 10.7 Å². The van der Waals surface area contributed by atoms with Crippen molar-refractivity contribution in [3.8, 4) is 0 Å². The van der Waals surface area contributed by atoms with Crippen molar-refractivity contribution in [2.24, 2.45) is 7.05 Å². The normalized spacial score (nSPS) is 21.1. The van der Waals surface area contributed by atoms with Crippen molar-refractivity contribution >= 4 is 15.8 Å². The molecular weight excluding hydrogens is 256 g/mol. The van der Waals surface area contributed by atoms with Crippen LogP contribution in [0.2, 0.25) is 0 Å². The van der Waals surface area contributed by atoms with E-state index in [9.17, 15) is 8.42 Å². The molecule has 7 nitrogen and oxygen atoms in total. The van der Waals surface area contributed by atoms with E-state index in [0.717, 1.165) is 0 Å². The zero-order chi connectivity index (χ0) is 13.6. The molecule has 1 fully saturated rings. The Morgan fingerprint density at radius 2 is 2.17 bits per heavy atom. The van der Waals surface area contributed by atoms with E-state index in [2.05, 4.69) is 5.10 Å². The Morgan fingerprint density at radius 1 is 1.50 bits per heavy atom. The predicted molar refractivity (Wildman–Crippen MR) is 66.4 cm³/mol. The zero-order valence-electron chi connectivity index (χ0n) is 10.8. The molecule has 0 aromatic carbocycles. The summed E-state index contributed by atoms with van der Waals surface area (Å²) in [7, 11) is -2.00. The van der Waals surface area contributed by atoms with Crippen LogP contribution in [-0.4, -0.2) is 47.8 Å². The molecule has 0 atom stereocenters. The highest BCUT2D eigenvalue weighted by molar-refractivity contribution is 7.89. The summed E-state index contributed by atoms with van der Waals surface area (Å²) in [5, 5.41) is 3.88. The van der Waals surface area contributed by atoms with Crippen molar-refractivity contribution in [1.82, 2.24) is 14.1 Å². The van der Waals surface area contributed by atoms with Gasteiger partial charge in [-0.2, -0.15) is 9.40 Å². The Morgan fingerprint density at radius 3 is 2.67 bits per heavy atom. The first kappa shape index (κ1) is 13.3. The Balaban J connectivity index is 2.45. The molecule has 0 amide bonds. The van der Waals surface area contributed by atoms with E-state index in [1.807, 2.05) is 13.8 Å². The molecule has 18 heavy (non-hydrogen) atoms. The maximum atomic E-state index is 12.6. The molecule has 1 aromatic rings. The third kappa shape index (κ3) is 2.11. The maximum Gasteiger partial charge on any atom is 0.248 e. The van der Waals surface area contributed by atoms with E-state index < -0.39 is 15.6 Å². The third-order valence-electron chi connectivity index (χ3n) is 2.96. The summed E-state index contributed by atoms with van der Waals surface area (Å²) in [5.41, 5.74) is 5.07. The van der Waals surface area contributed by atoms with Crippen LogP contribution in [0.5, 0.6) is 0 Å². The van der Waals surface area contributed by atoms with Gasteiger partial charge in [-0.3, -0.25) is 4.68 Å². The van der Waals surface area contributed by atoms with E-state index in [0.29, 0.717) is 19.8 Å². The molecule has 1 saturated heterocycles. The molecule has 0 radical (unpaired) electrons. The quantitative estimate of drug-likeness (QED) is 0.806. The summed E-state index contributed by atoms with van der Waals surface area (Å²) in [6.45, 7) is 4.74. The van der Waals surface area contributed by atoms with Gasteiger partial charge in [0.1, 0.15) is 4.90 Å². The fourth-order valence-corrected chi connectivity index (χ4v) is 3.94. The fourth-order valence-electron chi connectivity index (χ4n) is 2.09. The molecule has 1 aliphatic heterocycles. The molecule has 1 aromatic heterocycles. The number of ether oxygens (including phenoxy) is 1. The average molecular weight is 274 g/mol. The Hall–Kier alpha value is -1.12. The van der Waals surface area contributed by atoms with Crippen molar-refractivity contribution in [3.05, 3.63) is 6.20 Å². The minimum absolute atomic E-state index is 0.0276. The van der Waals surface area contributed by atoms with Gasteiger partial charge in [0.15, 0.2) is 5.82 Å². The highest BCUT2D eigenvalue weighted by Crippen LogP contribution is 2.29. The summed E-state index contributed by atoms with van der Waals surface area (Å²) in [5.74, 6) is 0.0276. The van der Waals surface area contributed by atoms with Gasteiger partial charge >= 0.3 is 0 Å². The van der Waals surface area contributed by atoms with E-state index in [1.165, 1.54) is 15.2 Å². The van der Waals surface area contributed by atoms with Crippen LogP contribution in [0.1, 0.15) is 13.8 Å². The van der Waals surface area contributed by atoms with Gasteiger partial charge in [-0.25, -0.2) is 8.42 Å². The number of nitrogens with zero attached hydrogens (tertiary/aromatic N) is 3. The highest BCUT2D eigenvalue weighted by Gasteiger charge is 2.41. The molecule has 0 saturated carbocycles. The van der Waals surface area contributed by atoms with Gasteiger partial charge in [0.05, 0.1) is 18.8 Å². The SMILES string of the molecule is Cn1cc(S(=O)(=O)N2CCOCC2(C)C)c(N)n1. The smallest absolute Gasteiger partial charge is 0.248 e. The van der Waals surface area contributed by atoms with Crippen LogP contribution in [0.3, 0.4) is 0 Å². The first-order valence-corrected chi connectivity index (χ1v) is 7.09. The fraction of sp³-hybridized carbons (Fsp3) is 0.700. The monoisotopic (exact) mass is 274 g/mol. The summed E-state index contributed by atoms with van der Waals surface area (Å²) in [4.78, 5) is 0.0555. The van der Waals surface area contributed by atoms with Crippen LogP contribution in [0.4, 0.5) is 5.82 Å². The maximum absolute atomic E-state index is 12.6. The van der Waals surface area contributed by atoms with Gasteiger partial charge in [-0.15, -0.1) is 0 Å². The molecule has 2 heterocycles. The average Bonchev–Trinajstić information content (AvgIpc) is 2.57. The summed E-state index contributed by atoms with van der Waals surface area (Å²) in [6, 6.07) is 0. The molecule has 0 aliphatic carbocycles. The largest absolute Gasteiger partial charge is 0.381 e. The van der Waals surface area contributed by atoms with Crippen molar-refractivity contribution in [3.63, 3.8) is 0 Å². The lowest BCUT2D eigenvalue weighted by Gasteiger charge is -2.40. The second kappa shape index (κ2) is 4.22. The Bertz CT molecular complexity index is 549. The van der Waals surface area contributed by atoms with Crippen LogP contribution in [-0.2, 0) is 21.8 Å². The lowest BCUT2D eigenvalue weighted by atomic mass is 10.1. The van der Waals surface area contributed by atoms with Crippen molar-refractivity contribution in [1.29, 1.82) is 0 Å². The van der Waals surface area contributed by atoms with Gasteiger partial charge in [0.2, 0.25) is 10.0 Å². The number of aryl methyl sites for hydroxylation is 1. The molecule has 2 rings (SSSR count). The van der Waals surface area contributed by atoms with E-state index >= 15 is 0 Å². The Labute approximate surface area is 107 Å². The van der Waals surface area contributed by atoms with Gasteiger partial charge in [0.25, 0.3) is 0 Å². The number of nitrogen functional groups attached to an aromatic ring is 1. The van der Waals surface area contributed by atoms with Crippen LogP contribution < -0.4 is 5.73 Å². The number of hydrogen-bond acceptors (Lipinski definition) is 5. The number of anilines is 1. The number of sulfonamides is 1. The van der Waals surface area contributed by atoms with E-state index in [1.54, 1.807) is 7.05 Å². The zero-order valence-corrected chi connectivity index (χ0v) is 11.6. The minimum Gasteiger partial charge on any atom is -0.381 e. The van der Waals surface area contributed by atoms with Crippen LogP contribution in [0.25, 0.3) is 0 Å². The molecule has 0 bridgehead atoms. The lowest BCUT2D eigenvalue weighted by Crippen LogP contribution is -2.55. The lowest BCUT2D eigenvalue weighted by molar-refractivity contribution is -0.00769. The first-order valence-electron chi connectivity index (χ1n) is 5.65. The molecule has 102 valence electrons. The minimum atomic E-state index is -3.63. The molecule has 0 spiro atoms. The molecule has 0 unspecified atom stereocenters. The molecule has 1 aliphatic rings. The number of morpholine rings is 1. The molecule has 8 heteroatoms. The first-order chi connectivity index (χ1) is 8.25. The highest BCUT2D eigenvalue weighted by atomic mass is 32.2. The molecule has 2 N–H and O–H groups in total. The number of hydrogen-bond donors (Lipinski definition) is 1. The second-order valence-corrected chi connectivity index (χ2v) is 6.83. The topological polar surface area (TPSA) is 90.5 Å². The Kier molecular flexibility index (Phi) is 3.12. The second-order valence-electron chi connectivity index (χ2n) is 4.99. The van der Waals surface area contributed by atoms with Crippen LogP contribution in [0.15, 0.2) is 11.1 Å². The van der Waals surface area contributed by atoms with Crippen LogP contribution >= 0.6 is 0 Å². The van der Waals surface area contributed by atoms with Gasteiger partial charge in [0, 0.05) is 19.8 Å².